The number of amides is 3. The number of anilines is 2. The lowest BCUT2D eigenvalue weighted by Gasteiger charge is -2.29. The van der Waals surface area contributed by atoms with E-state index in [2.05, 4.69) is 0 Å². The Morgan fingerprint density at radius 1 is 1.00 bits per heavy atom. The molecule has 1 aliphatic rings. The third-order valence-electron chi connectivity index (χ3n) is 5.13. The number of nitrogens with two attached hydrogens (primary N) is 1. The van der Waals surface area contributed by atoms with Crippen LogP contribution in [0, 0.1) is 6.92 Å². The average molecular weight is 398 g/mol. The van der Waals surface area contributed by atoms with Gasteiger partial charge in [-0.15, -0.1) is 0 Å². The zero-order chi connectivity index (χ0) is 21.3. The zero-order valence-corrected chi connectivity index (χ0v) is 16.8. The summed E-state index contributed by atoms with van der Waals surface area (Å²) in [6, 6.07) is 23.8. The maximum absolute atomic E-state index is 13.5. The number of hydrogen-bond acceptors (Lipinski definition) is 3. The Balaban J connectivity index is 1.95. The first-order chi connectivity index (χ1) is 14.5. The molecule has 0 aliphatic carbocycles. The predicted octanol–water partition coefficient (Wildman–Crippen LogP) is 3.72. The lowest BCUT2D eigenvalue weighted by molar-refractivity contribution is -0.119. The van der Waals surface area contributed by atoms with Crippen molar-refractivity contribution in [3.05, 3.63) is 95.6 Å². The van der Waals surface area contributed by atoms with Gasteiger partial charge in [-0.2, -0.15) is 0 Å². The van der Waals surface area contributed by atoms with Crippen LogP contribution in [0.1, 0.15) is 16.7 Å². The highest BCUT2D eigenvalue weighted by Crippen LogP contribution is 2.30. The molecule has 0 bridgehead atoms. The van der Waals surface area contributed by atoms with Gasteiger partial charge in [0.2, 0.25) is 6.17 Å². The van der Waals surface area contributed by atoms with Crippen LogP contribution in [0.3, 0.4) is 0 Å². The lowest BCUT2D eigenvalue weighted by Crippen LogP contribution is -2.51. The van der Waals surface area contributed by atoms with Crippen molar-refractivity contribution in [2.45, 2.75) is 13.1 Å². The second-order valence-corrected chi connectivity index (χ2v) is 7.18. The largest absolute Gasteiger partial charge is 0.351 e. The number of rotatable bonds is 3. The van der Waals surface area contributed by atoms with Gasteiger partial charge in [0.25, 0.3) is 5.91 Å². The Bertz CT molecular complexity index is 1140. The Morgan fingerprint density at radius 3 is 2.40 bits per heavy atom. The molecule has 150 valence electrons. The third kappa shape index (κ3) is 3.43. The molecule has 0 fully saturated rings. The number of hydrogen-bond donors (Lipinski definition) is 1. The van der Waals surface area contributed by atoms with Crippen LogP contribution >= 0.6 is 0 Å². The van der Waals surface area contributed by atoms with E-state index in [-0.39, 0.29) is 5.91 Å². The second-order valence-electron chi connectivity index (χ2n) is 7.18. The second kappa shape index (κ2) is 7.83. The fourth-order valence-corrected chi connectivity index (χ4v) is 3.67. The van der Waals surface area contributed by atoms with E-state index in [1.165, 1.54) is 9.80 Å². The number of para-hydroxylation sites is 1. The monoisotopic (exact) mass is 398 g/mol. The summed E-state index contributed by atoms with van der Waals surface area (Å²) >= 11 is 0. The molecule has 0 radical (unpaired) electrons. The minimum absolute atomic E-state index is 0.339. The molecule has 3 amide bonds. The number of benzodiazepines with no additional fused rings is 1. The first-order valence-electron chi connectivity index (χ1n) is 9.63. The van der Waals surface area contributed by atoms with E-state index < -0.39 is 12.2 Å². The number of carbonyl (C=O) groups is 2. The van der Waals surface area contributed by atoms with Crippen molar-refractivity contribution in [2.75, 3.05) is 16.8 Å². The minimum Gasteiger partial charge on any atom is -0.351 e. The van der Waals surface area contributed by atoms with Gasteiger partial charge in [0, 0.05) is 23.9 Å². The van der Waals surface area contributed by atoms with Gasteiger partial charge in [0.15, 0.2) is 0 Å². The van der Waals surface area contributed by atoms with Gasteiger partial charge in [-0.25, -0.2) is 9.79 Å². The average Bonchev–Trinajstić information content (AvgIpc) is 2.85. The summed E-state index contributed by atoms with van der Waals surface area (Å²) in [7, 11) is 1.69. The molecule has 3 aromatic carbocycles. The molecule has 0 aromatic heterocycles. The van der Waals surface area contributed by atoms with Crippen LogP contribution in [0.5, 0.6) is 0 Å². The molecule has 4 rings (SSSR count). The highest BCUT2D eigenvalue weighted by Gasteiger charge is 2.36. The summed E-state index contributed by atoms with van der Waals surface area (Å²) in [5.74, 6) is -0.339. The standard InChI is InChI=1S/C24H22N4O2/c1-16-9-8-12-18(15-16)28(24(25)30)22-23(29)27(2)20-14-7-6-13-19(20)21(26-22)17-10-4-3-5-11-17/h3-15,22H,1-2H3,(H2,25,30). The fraction of sp³-hybridized carbons (Fsp3) is 0.125. The third-order valence-corrected chi connectivity index (χ3v) is 5.13. The topological polar surface area (TPSA) is 79.0 Å². The fourth-order valence-electron chi connectivity index (χ4n) is 3.67. The Labute approximate surface area is 175 Å². The summed E-state index contributed by atoms with van der Waals surface area (Å²) in [6.07, 6.45) is -1.13. The number of aryl methyl sites for hydroxylation is 1. The smallest absolute Gasteiger partial charge is 0.321 e. The van der Waals surface area contributed by atoms with E-state index in [1.807, 2.05) is 79.7 Å². The number of fused-ring (bicyclic) bond motifs is 1. The van der Waals surface area contributed by atoms with Crippen molar-refractivity contribution in [1.82, 2.24) is 0 Å². The Kier molecular flexibility index (Phi) is 5.06. The lowest BCUT2D eigenvalue weighted by atomic mass is 10.0. The van der Waals surface area contributed by atoms with Crippen LogP contribution in [0.15, 0.2) is 83.9 Å². The van der Waals surface area contributed by atoms with Gasteiger partial charge in [-0.05, 0) is 30.7 Å². The molecule has 0 saturated heterocycles. The van der Waals surface area contributed by atoms with Crippen molar-refractivity contribution in [3.8, 4) is 0 Å². The summed E-state index contributed by atoms with van der Waals surface area (Å²) in [6.45, 7) is 1.91. The Hall–Kier alpha value is -3.93. The Morgan fingerprint density at radius 2 is 1.70 bits per heavy atom. The molecule has 0 spiro atoms. The van der Waals surface area contributed by atoms with Crippen molar-refractivity contribution >= 4 is 29.0 Å². The zero-order valence-electron chi connectivity index (χ0n) is 16.8. The van der Waals surface area contributed by atoms with Crippen molar-refractivity contribution in [1.29, 1.82) is 0 Å². The molecule has 6 heteroatoms. The van der Waals surface area contributed by atoms with Gasteiger partial charge in [0.05, 0.1) is 11.4 Å². The van der Waals surface area contributed by atoms with E-state index in [0.29, 0.717) is 11.4 Å². The number of benzene rings is 3. The number of nitrogens with zero attached hydrogens (tertiary/aromatic N) is 3. The maximum atomic E-state index is 13.5. The molecule has 3 aromatic rings. The van der Waals surface area contributed by atoms with E-state index in [1.54, 1.807) is 13.1 Å². The molecule has 1 atom stereocenters. The van der Waals surface area contributed by atoms with Crippen LogP contribution < -0.4 is 15.5 Å². The predicted molar refractivity (Wildman–Crippen MR) is 119 cm³/mol. The highest BCUT2D eigenvalue weighted by atomic mass is 16.2. The number of primary amides is 1. The van der Waals surface area contributed by atoms with E-state index >= 15 is 0 Å². The summed E-state index contributed by atoms with van der Waals surface area (Å²) in [4.78, 5) is 33.5. The summed E-state index contributed by atoms with van der Waals surface area (Å²) < 4.78 is 0. The first-order valence-corrected chi connectivity index (χ1v) is 9.63. The molecular formula is C24H22N4O2. The number of likely N-dealkylation sites (N-methyl/N-ethyl adjacent to an activating group) is 1. The van der Waals surface area contributed by atoms with E-state index in [9.17, 15) is 9.59 Å². The SMILES string of the molecule is Cc1cccc(N(C(N)=O)C2N=C(c3ccccc3)c3ccccc3N(C)C2=O)c1. The van der Waals surface area contributed by atoms with Gasteiger partial charge in [-0.1, -0.05) is 60.7 Å². The molecule has 2 N–H and O–H groups in total. The van der Waals surface area contributed by atoms with Crippen LogP contribution in [0.2, 0.25) is 0 Å². The highest BCUT2D eigenvalue weighted by molar-refractivity contribution is 6.21. The van der Waals surface area contributed by atoms with Gasteiger partial charge >= 0.3 is 6.03 Å². The molecule has 30 heavy (non-hydrogen) atoms. The summed E-state index contributed by atoms with van der Waals surface area (Å²) in [5.41, 5.74) is 10.2. The van der Waals surface area contributed by atoms with Crippen molar-refractivity contribution < 1.29 is 9.59 Å². The molecule has 0 saturated carbocycles. The van der Waals surface area contributed by atoms with Crippen molar-refractivity contribution in [3.63, 3.8) is 0 Å². The van der Waals surface area contributed by atoms with Crippen LogP contribution in [-0.2, 0) is 4.79 Å². The molecule has 1 aliphatic heterocycles. The number of aliphatic imine (C=N–C) groups is 1. The summed E-state index contributed by atoms with van der Waals surface area (Å²) in [5, 5.41) is 0. The molecular weight excluding hydrogens is 376 g/mol. The van der Waals surface area contributed by atoms with Crippen LogP contribution in [-0.4, -0.2) is 30.9 Å². The van der Waals surface area contributed by atoms with Crippen molar-refractivity contribution in [2.24, 2.45) is 10.7 Å². The molecule has 1 unspecified atom stereocenters. The maximum Gasteiger partial charge on any atom is 0.321 e. The quantitative estimate of drug-likeness (QED) is 0.730. The van der Waals surface area contributed by atoms with Crippen LogP contribution in [0.25, 0.3) is 0 Å². The number of urea groups is 1. The van der Waals surface area contributed by atoms with E-state index in [4.69, 9.17) is 10.7 Å². The first kappa shape index (κ1) is 19.4. The molecule has 1 heterocycles. The number of carbonyl (C=O) groups excluding carboxylic acids is 2. The molecule has 6 nitrogen and oxygen atoms in total. The van der Waals surface area contributed by atoms with Gasteiger partial charge in [-0.3, -0.25) is 9.69 Å². The normalized spacial score (nSPS) is 15.8. The van der Waals surface area contributed by atoms with Gasteiger partial charge in [0.1, 0.15) is 0 Å². The van der Waals surface area contributed by atoms with Gasteiger partial charge < -0.3 is 10.6 Å². The van der Waals surface area contributed by atoms with Crippen LogP contribution in [0.4, 0.5) is 16.2 Å². The van der Waals surface area contributed by atoms with E-state index in [0.717, 1.165) is 22.4 Å². The minimum atomic E-state index is -1.13.